The molecule has 2 rings (SSSR count). The predicted octanol–water partition coefficient (Wildman–Crippen LogP) is 5.14. The van der Waals surface area contributed by atoms with Crippen molar-refractivity contribution >= 4 is 11.7 Å². The molecule has 0 spiro atoms. The van der Waals surface area contributed by atoms with Gasteiger partial charge >= 0.3 is 5.97 Å². The van der Waals surface area contributed by atoms with Gasteiger partial charge in [0.1, 0.15) is 5.69 Å². The molecule has 0 N–H and O–H groups in total. The molecule has 0 amide bonds. The summed E-state index contributed by atoms with van der Waals surface area (Å²) in [6.07, 6.45) is 0.642. The largest absolute Gasteiger partial charge is 0.461 e. The molecule has 1 heterocycles. The van der Waals surface area contributed by atoms with Gasteiger partial charge in [-0.1, -0.05) is 31.2 Å². The van der Waals surface area contributed by atoms with Crippen molar-refractivity contribution in [2.24, 2.45) is 7.05 Å². The van der Waals surface area contributed by atoms with Crippen LogP contribution in [0.25, 0.3) is 20.8 Å². The second-order valence-electron chi connectivity index (χ2n) is 6.51. The van der Waals surface area contributed by atoms with Crippen LogP contribution in [-0.2, 0) is 23.7 Å². The van der Waals surface area contributed by atoms with Gasteiger partial charge < -0.3 is 14.1 Å². The van der Waals surface area contributed by atoms with Crippen LogP contribution >= 0.6 is 0 Å². The van der Waals surface area contributed by atoms with E-state index in [1.54, 1.807) is 18.5 Å². The number of carbonyl (C=O) groups excluding carboxylic acids is 1. The third kappa shape index (κ3) is 3.21. The Kier molecular flexibility index (Phi) is 5.53. The summed E-state index contributed by atoms with van der Waals surface area (Å²) in [5.74, 6) is -0.430. The van der Waals surface area contributed by atoms with Crippen LogP contribution in [0.15, 0.2) is 24.3 Å². The summed E-state index contributed by atoms with van der Waals surface area (Å²) in [6, 6.07) is 7.51. The zero-order valence-electron chi connectivity index (χ0n) is 15.9. The first-order valence-corrected chi connectivity index (χ1v) is 8.57. The molecule has 5 nitrogen and oxygen atoms in total. The number of benzene rings is 1. The van der Waals surface area contributed by atoms with Crippen LogP contribution in [0.1, 0.15) is 49.4 Å². The van der Waals surface area contributed by atoms with Crippen molar-refractivity contribution in [3.05, 3.63) is 64.1 Å². The highest BCUT2D eigenvalue weighted by molar-refractivity contribution is 6.01. The molecule has 1 aromatic carbocycles. The first-order valence-electron chi connectivity index (χ1n) is 8.57. The molecule has 0 saturated carbocycles. The average Bonchev–Trinajstić information content (AvgIpc) is 2.93. The molecular weight excluding hydrogens is 326 g/mol. The standard InChI is InChI=1S/C21H23N3O2/c1-8-16-18(22-5)17(19(24(16)7)20(25)26-9-2)14-10-12-15(13-11-14)21(3,4)23-6/h10-13H,8-9H2,1-4,7H3. The van der Waals surface area contributed by atoms with Crippen LogP contribution in [-0.4, -0.2) is 17.1 Å². The van der Waals surface area contributed by atoms with Crippen LogP contribution in [0.3, 0.4) is 0 Å². The molecule has 0 fully saturated rings. The summed E-state index contributed by atoms with van der Waals surface area (Å²) in [6.45, 7) is 22.7. The van der Waals surface area contributed by atoms with Gasteiger partial charge in [0, 0.05) is 37.7 Å². The number of rotatable bonds is 5. The fourth-order valence-corrected chi connectivity index (χ4v) is 3.06. The summed E-state index contributed by atoms with van der Waals surface area (Å²) in [5.41, 5.74) is 3.34. The van der Waals surface area contributed by atoms with Gasteiger partial charge in [-0.3, -0.25) is 0 Å². The monoisotopic (exact) mass is 349 g/mol. The molecule has 26 heavy (non-hydrogen) atoms. The first kappa shape index (κ1) is 19.3. The van der Waals surface area contributed by atoms with Crippen molar-refractivity contribution in [2.75, 3.05) is 6.61 Å². The van der Waals surface area contributed by atoms with Gasteiger partial charge in [0.2, 0.25) is 5.69 Å². The fraction of sp³-hybridized carbons (Fsp3) is 0.381. The van der Waals surface area contributed by atoms with E-state index < -0.39 is 11.5 Å². The van der Waals surface area contributed by atoms with Gasteiger partial charge in [0.15, 0.2) is 0 Å². The van der Waals surface area contributed by atoms with Gasteiger partial charge in [-0.25, -0.2) is 16.2 Å². The van der Waals surface area contributed by atoms with E-state index >= 15 is 0 Å². The van der Waals surface area contributed by atoms with Crippen LogP contribution < -0.4 is 0 Å². The smallest absolute Gasteiger partial charge is 0.354 e. The Bertz CT molecular complexity index is 907. The molecule has 0 aliphatic heterocycles. The Morgan fingerprint density at radius 1 is 1.19 bits per heavy atom. The first-order chi connectivity index (χ1) is 12.3. The van der Waals surface area contributed by atoms with Crippen molar-refractivity contribution in [1.82, 2.24) is 4.57 Å². The lowest BCUT2D eigenvalue weighted by Gasteiger charge is -2.13. The third-order valence-electron chi connectivity index (χ3n) is 4.56. The minimum Gasteiger partial charge on any atom is -0.461 e. The van der Waals surface area contributed by atoms with E-state index in [9.17, 15) is 4.79 Å². The summed E-state index contributed by atoms with van der Waals surface area (Å²) in [5, 5.41) is 0. The van der Waals surface area contributed by atoms with Crippen molar-refractivity contribution in [1.29, 1.82) is 0 Å². The molecule has 0 aliphatic rings. The molecule has 0 aliphatic carbocycles. The van der Waals surface area contributed by atoms with E-state index in [1.807, 2.05) is 45.0 Å². The molecule has 0 saturated heterocycles. The van der Waals surface area contributed by atoms with Gasteiger partial charge in [0.05, 0.1) is 13.2 Å². The molecule has 0 atom stereocenters. The maximum Gasteiger partial charge on any atom is 0.354 e. The van der Waals surface area contributed by atoms with Gasteiger partial charge in [-0.2, -0.15) is 0 Å². The summed E-state index contributed by atoms with van der Waals surface area (Å²) in [7, 11) is 1.79. The van der Waals surface area contributed by atoms with E-state index in [2.05, 4.69) is 9.69 Å². The lowest BCUT2D eigenvalue weighted by Crippen LogP contribution is -2.12. The highest BCUT2D eigenvalue weighted by Gasteiger charge is 2.29. The fourth-order valence-electron chi connectivity index (χ4n) is 3.06. The van der Waals surface area contributed by atoms with Crippen LogP contribution in [0.2, 0.25) is 0 Å². The van der Waals surface area contributed by atoms with Gasteiger partial charge in [0.25, 0.3) is 5.54 Å². The lowest BCUT2D eigenvalue weighted by molar-refractivity contribution is 0.0516. The molecule has 5 heteroatoms. The number of hydrogen-bond acceptors (Lipinski definition) is 2. The second kappa shape index (κ2) is 7.45. The van der Waals surface area contributed by atoms with Gasteiger partial charge in [-0.15, -0.1) is 0 Å². The van der Waals surface area contributed by atoms with Crippen molar-refractivity contribution in [3.8, 4) is 11.1 Å². The minimum atomic E-state index is -0.615. The quantitative estimate of drug-likeness (QED) is 0.554. The number of carbonyl (C=O) groups is 1. The van der Waals surface area contributed by atoms with E-state index in [-0.39, 0.29) is 6.61 Å². The number of hydrogen-bond donors (Lipinski definition) is 0. The molecular formula is C21H23N3O2. The second-order valence-corrected chi connectivity index (χ2v) is 6.51. The summed E-state index contributed by atoms with van der Waals surface area (Å²) < 4.78 is 6.98. The van der Waals surface area contributed by atoms with Crippen LogP contribution in [0, 0.1) is 13.1 Å². The number of esters is 1. The molecule has 0 bridgehead atoms. The zero-order valence-corrected chi connectivity index (χ0v) is 15.9. The topological polar surface area (TPSA) is 39.9 Å². The third-order valence-corrected chi connectivity index (χ3v) is 4.56. The normalized spacial score (nSPS) is 10.9. The van der Waals surface area contributed by atoms with Crippen LogP contribution in [0.4, 0.5) is 5.69 Å². The Morgan fingerprint density at radius 2 is 1.81 bits per heavy atom. The Labute approximate surface area is 154 Å². The van der Waals surface area contributed by atoms with E-state index in [1.165, 1.54) is 0 Å². The number of aromatic nitrogens is 1. The maximum atomic E-state index is 12.5. The van der Waals surface area contributed by atoms with Crippen molar-refractivity contribution in [3.63, 3.8) is 0 Å². The van der Waals surface area contributed by atoms with E-state index in [4.69, 9.17) is 17.9 Å². The molecule has 2 aromatic rings. The predicted molar refractivity (Wildman–Crippen MR) is 102 cm³/mol. The highest BCUT2D eigenvalue weighted by atomic mass is 16.5. The summed E-state index contributed by atoms with van der Waals surface area (Å²) >= 11 is 0. The van der Waals surface area contributed by atoms with E-state index in [0.29, 0.717) is 23.4 Å². The lowest BCUT2D eigenvalue weighted by atomic mass is 9.93. The molecule has 0 unspecified atom stereocenters. The van der Waals surface area contributed by atoms with E-state index in [0.717, 1.165) is 16.8 Å². The zero-order chi connectivity index (χ0) is 19.5. The number of nitrogens with zero attached hydrogens (tertiary/aromatic N) is 3. The summed E-state index contributed by atoms with van der Waals surface area (Å²) in [4.78, 5) is 19.9. The Balaban J connectivity index is 2.71. The maximum absolute atomic E-state index is 12.5. The molecule has 1 aromatic heterocycles. The van der Waals surface area contributed by atoms with Crippen molar-refractivity contribution in [2.45, 2.75) is 39.7 Å². The Hall–Kier alpha value is -3.05. The average molecular weight is 349 g/mol. The molecule has 134 valence electrons. The number of ether oxygens (including phenoxy) is 1. The SMILES string of the molecule is [C-]#[N+]c1c(-c2ccc(C(C)(C)[N+]#[C-])cc2)c(C(=O)OCC)n(C)c1CC. The minimum absolute atomic E-state index is 0.274. The highest BCUT2D eigenvalue weighted by Crippen LogP contribution is 2.40. The Morgan fingerprint density at radius 3 is 2.27 bits per heavy atom. The molecule has 0 radical (unpaired) electrons. The van der Waals surface area contributed by atoms with Crippen LogP contribution in [0.5, 0.6) is 0 Å². The van der Waals surface area contributed by atoms with Crippen molar-refractivity contribution < 1.29 is 9.53 Å². The van der Waals surface area contributed by atoms with Gasteiger partial charge in [-0.05, 0) is 18.9 Å².